The number of aromatic nitrogens is 5. The predicted molar refractivity (Wildman–Crippen MR) is 232 cm³/mol. The first-order valence-electron chi connectivity index (χ1n) is 19.0. The molecule has 320 valence electrons. The molecule has 1 aliphatic rings. The fourth-order valence-corrected chi connectivity index (χ4v) is 8.62. The summed E-state index contributed by atoms with van der Waals surface area (Å²) < 4.78 is 44.5. The number of hydrogen-bond acceptors (Lipinski definition) is 12. The Kier molecular flexibility index (Phi) is 13.2. The molecule has 1 aliphatic heterocycles. The molecule has 6 aromatic rings. The third-order valence-electron chi connectivity index (χ3n) is 9.58. The Morgan fingerprint density at radius 3 is 2.40 bits per heavy atom. The number of halogens is 4. The highest BCUT2D eigenvalue weighted by Crippen LogP contribution is 2.39. The van der Waals surface area contributed by atoms with Gasteiger partial charge in [0.05, 0.1) is 41.2 Å². The summed E-state index contributed by atoms with van der Waals surface area (Å²) in [6.45, 7) is 6.08. The monoisotopic (exact) mass is 902 g/mol. The number of aryl methyl sites for hydroxylation is 2. The fraction of sp³-hybridized carbons (Fsp3) is 0.238. The number of fused-ring (bicyclic) bond motifs is 4. The van der Waals surface area contributed by atoms with Gasteiger partial charge in [0, 0.05) is 45.2 Å². The van der Waals surface area contributed by atoms with Crippen LogP contribution in [0.15, 0.2) is 88.6 Å². The van der Waals surface area contributed by atoms with Gasteiger partial charge >= 0.3 is 6.36 Å². The summed E-state index contributed by atoms with van der Waals surface area (Å²) in [5.74, 6) is -0.882. The van der Waals surface area contributed by atoms with Crippen molar-refractivity contribution in [3.05, 3.63) is 128 Å². The lowest BCUT2D eigenvalue weighted by Gasteiger charge is -2.13. The van der Waals surface area contributed by atoms with Crippen molar-refractivity contribution >= 4 is 75.1 Å². The Hall–Kier alpha value is -6.31. The van der Waals surface area contributed by atoms with Crippen molar-refractivity contribution in [3.8, 4) is 10.8 Å². The molecule has 0 saturated heterocycles. The first-order chi connectivity index (χ1) is 29.6. The molecule has 3 aromatic carbocycles. The number of nitrogens with two attached hydrogens (primary N) is 1. The number of carbonyl (C=O) groups is 3. The van der Waals surface area contributed by atoms with Gasteiger partial charge in [0.15, 0.2) is 11.0 Å². The van der Waals surface area contributed by atoms with Crippen LogP contribution in [0.3, 0.4) is 0 Å². The van der Waals surface area contributed by atoms with E-state index in [0.717, 1.165) is 50.1 Å². The molecule has 14 nitrogen and oxygen atoms in total. The lowest BCUT2D eigenvalue weighted by Crippen LogP contribution is -2.36. The number of rotatable bonds is 14. The molecule has 3 aromatic heterocycles. The maximum atomic E-state index is 13.4. The summed E-state index contributed by atoms with van der Waals surface area (Å²) in [4.78, 5) is 54.4. The Balaban J connectivity index is 0.949. The van der Waals surface area contributed by atoms with E-state index in [9.17, 15) is 27.6 Å². The average molecular weight is 903 g/mol. The Morgan fingerprint density at radius 2 is 1.65 bits per heavy atom. The van der Waals surface area contributed by atoms with Crippen LogP contribution in [-0.2, 0) is 9.59 Å². The van der Waals surface area contributed by atoms with E-state index in [1.54, 1.807) is 47.7 Å². The Labute approximate surface area is 366 Å². The van der Waals surface area contributed by atoms with Crippen molar-refractivity contribution in [3.63, 3.8) is 0 Å². The van der Waals surface area contributed by atoms with Gasteiger partial charge in [-0.2, -0.15) is 0 Å². The molecule has 0 bridgehead atoms. The van der Waals surface area contributed by atoms with Crippen LogP contribution in [0.2, 0.25) is 5.02 Å². The minimum absolute atomic E-state index is 0.0101. The van der Waals surface area contributed by atoms with Crippen LogP contribution in [0.4, 0.5) is 13.2 Å². The van der Waals surface area contributed by atoms with Crippen LogP contribution in [-0.4, -0.2) is 79.9 Å². The van der Waals surface area contributed by atoms with Gasteiger partial charge in [0.2, 0.25) is 11.8 Å². The Morgan fingerprint density at radius 1 is 0.935 bits per heavy atom. The molecule has 0 saturated carbocycles. The summed E-state index contributed by atoms with van der Waals surface area (Å²) >= 11 is 8.92. The number of alkyl halides is 3. The average Bonchev–Trinajstić information content (AvgIpc) is 3.72. The molecule has 0 fully saturated rings. The molecule has 1 atom stereocenters. The highest BCUT2D eigenvalue weighted by molar-refractivity contribution is 7.99. The first kappa shape index (κ1) is 43.8. The highest BCUT2D eigenvalue weighted by Gasteiger charge is 2.34. The lowest BCUT2D eigenvalue weighted by atomic mass is 9.99. The second-order valence-corrected chi connectivity index (χ2v) is 16.5. The number of carbonyl (C=O) groups excluding carboxylic acids is 3. The lowest BCUT2D eigenvalue weighted by molar-refractivity contribution is -0.274. The SMILES string of the molecule is Cc1sc2c(c1C)C(c1ccc(Cl)cc1)=N[C@@H](CC(=O)NCCNC(=O)CSc1nc(/C=C(\N)CNC(=O)c3ccccc3OC(F)(F)F)c3ccccc3n1)c1nnc(C)n1-2. The molecule has 4 heterocycles. The number of benzene rings is 3. The van der Waals surface area contributed by atoms with Crippen LogP contribution in [0, 0.1) is 20.8 Å². The van der Waals surface area contributed by atoms with E-state index in [1.807, 2.05) is 23.6 Å². The van der Waals surface area contributed by atoms with Gasteiger partial charge in [-0.05, 0) is 62.7 Å². The predicted octanol–water partition coefficient (Wildman–Crippen LogP) is 6.79. The number of thioether (sulfide) groups is 1. The summed E-state index contributed by atoms with van der Waals surface area (Å²) in [5.41, 5.74) is 10.7. The number of nitrogens with one attached hydrogen (secondary N) is 3. The van der Waals surface area contributed by atoms with Crippen molar-refractivity contribution in [1.82, 2.24) is 40.7 Å². The molecular weight excluding hydrogens is 865 g/mol. The number of nitrogens with zero attached hydrogens (tertiary/aromatic N) is 6. The van der Waals surface area contributed by atoms with E-state index in [1.165, 1.54) is 24.3 Å². The number of hydrogen-bond donors (Lipinski definition) is 4. The van der Waals surface area contributed by atoms with Gasteiger partial charge in [-0.1, -0.05) is 65.8 Å². The summed E-state index contributed by atoms with van der Waals surface area (Å²) in [5, 5.41) is 19.4. The van der Waals surface area contributed by atoms with Crippen molar-refractivity contribution < 1.29 is 32.3 Å². The summed E-state index contributed by atoms with van der Waals surface area (Å²) in [7, 11) is 0. The molecule has 5 N–H and O–H groups in total. The van der Waals surface area contributed by atoms with E-state index in [0.29, 0.717) is 33.3 Å². The maximum absolute atomic E-state index is 13.4. The standard InChI is InChI=1S/C42H38ClF3N10O4S2/c1-22-23(2)62-40-36(22)37(25-12-14-26(43)15-13-25)51-32(38-55-54-24(3)56(38)40)19-34(57)48-16-17-49-35(58)21-61-41-52-30-10-6-4-8-28(30)31(53-41)18-27(47)20-50-39(59)29-9-5-7-11-33(29)60-42(44,45)46/h4-15,18,32H,16-17,19-21,47H2,1-3H3,(H,48,57)(H,49,58)(H,50,59)/b27-18-/t32-/m0/s1. The highest BCUT2D eigenvalue weighted by atomic mass is 35.5. The zero-order valence-electron chi connectivity index (χ0n) is 33.3. The van der Waals surface area contributed by atoms with E-state index in [2.05, 4.69) is 54.7 Å². The van der Waals surface area contributed by atoms with Crippen LogP contribution in [0.5, 0.6) is 5.75 Å². The van der Waals surface area contributed by atoms with Crippen molar-refractivity contribution in [2.45, 2.75) is 44.8 Å². The van der Waals surface area contributed by atoms with Gasteiger partial charge in [-0.25, -0.2) is 9.97 Å². The van der Waals surface area contributed by atoms with E-state index >= 15 is 0 Å². The number of thiophene rings is 1. The zero-order chi connectivity index (χ0) is 44.1. The van der Waals surface area contributed by atoms with E-state index in [4.69, 9.17) is 22.3 Å². The third kappa shape index (κ3) is 10.2. The second-order valence-electron chi connectivity index (χ2n) is 14.0. The summed E-state index contributed by atoms with van der Waals surface area (Å²) in [6.07, 6.45) is -3.47. The number of ether oxygens (including phenoxy) is 1. The van der Waals surface area contributed by atoms with Gasteiger partial charge in [-0.15, -0.1) is 34.7 Å². The minimum atomic E-state index is -4.98. The zero-order valence-corrected chi connectivity index (χ0v) is 35.7. The third-order valence-corrected chi connectivity index (χ3v) is 11.9. The van der Waals surface area contributed by atoms with Crippen LogP contribution in [0.1, 0.15) is 61.7 Å². The summed E-state index contributed by atoms with van der Waals surface area (Å²) in [6, 6.07) is 18.9. The van der Waals surface area contributed by atoms with Gasteiger partial charge in [0.25, 0.3) is 5.91 Å². The molecule has 0 unspecified atom stereocenters. The van der Waals surface area contributed by atoms with Gasteiger partial charge in [0.1, 0.15) is 22.6 Å². The minimum Gasteiger partial charge on any atom is -0.405 e. The second kappa shape index (κ2) is 18.8. The van der Waals surface area contributed by atoms with Gasteiger partial charge < -0.3 is 26.4 Å². The number of amides is 3. The van der Waals surface area contributed by atoms with Crippen LogP contribution >= 0.6 is 34.7 Å². The topological polar surface area (TPSA) is 191 Å². The normalized spacial score (nSPS) is 13.8. The van der Waals surface area contributed by atoms with Crippen LogP contribution < -0.4 is 26.4 Å². The molecule has 0 radical (unpaired) electrons. The molecule has 0 spiro atoms. The molecule has 3 amide bonds. The Bertz CT molecular complexity index is 2740. The molecule has 7 rings (SSSR count). The molecule has 62 heavy (non-hydrogen) atoms. The van der Waals surface area contributed by atoms with E-state index in [-0.39, 0.29) is 60.0 Å². The van der Waals surface area contributed by atoms with Crippen LogP contribution in [0.25, 0.3) is 22.0 Å². The largest absolute Gasteiger partial charge is 0.573 e. The maximum Gasteiger partial charge on any atom is 0.573 e. The quantitative estimate of drug-likeness (QED) is 0.0515. The molecule has 20 heteroatoms. The molecular formula is C42H38ClF3N10O4S2. The van der Waals surface area contributed by atoms with Gasteiger partial charge in [-0.3, -0.25) is 23.9 Å². The van der Waals surface area contributed by atoms with Crippen molar-refractivity contribution in [1.29, 1.82) is 0 Å². The van der Waals surface area contributed by atoms with Crippen molar-refractivity contribution in [2.24, 2.45) is 10.7 Å². The number of para-hydroxylation sites is 2. The van der Waals surface area contributed by atoms with Crippen molar-refractivity contribution in [2.75, 3.05) is 25.4 Å². The molecule has 0 aliphatic carbocycles. The smallest absolute Gasteiger partial charge is 0.405 e. The van der Waals surface area contributed by atoms with E-state index < -0.39 is 24.1 Å². The fourth-order valence-electron chi connectivity index (χ4n) is 6.59. The number of aliphatic imine (C=N–C) groups is 1. The first-order valence-corrected chi connectivity index (χ1v) is 21.2.